The number of nitrogens with zero attached hydrogens (tertiary/aromatic N) is 2. The lowest BCUT2D eigenvalue weighted by molar-refractivity contribution is -0.137. The number of halogens is 3. The number of likely N-dealkylation sites (tertiary alicyclic amines) is 1. The summed E-state index contributed by atoms with van der Waals surface area (Å²) in [5.74, 6) is 1.23. The highest BCUT2D eigenvalue weighted by Gasteiger charge is 2.35. The highest BCUT2D eigenvalue weighted by atomic mass is 19.4. The molecule has 2 heterocycles. The number of rotatable bonds is 3. The van der Waals surface area contributed by atoms with Gasteiger partial charge in [-0.2, -0.15) is 13.2 Å². The zero-order valence-corrected chi connectivity index (χ0v) is 13.5. The second-order valence-corrected chi connectivity index (χ2v) is 6.21. The number of aryl methyl sites for hydroxylation is 2. The van der Waals surface area contributed by atoms with Crippen LogP contribution in [0.5, 0.6) is 0 Å². The van der Waals surface area contributed by atoms with Gasteiger partial charge in [-0.3, -0.25) is 4.90 Å². The van der Waals surface area contributed by atoms with Gasteiger partial charge < -0.3 is 9.52 Å². The third kappa shape index (κ3) is 3.47. The van der Waals surface area contributed by atoms with Crippen LogP contribution in [0.1, 0.15) is 40.9 Å². The van der Waals surface area contributed by atoms with E-state index >= 15 is 0 Å². The van der Waals surface area contributed by atoms with E-state index in [0.717, 1.165) is 23.6 Å². The Labute approximate surface area is 137 Å². The van der Waals surface area contributed by atoms with Crippen molar-refractivity contribution < 1.29 is 22.7 Å². The molecule has 1 aromatic heterocycles. The molecule has 0 spiro atoms. The molecule has 1 aromatic carbocycles. The molecular weight excluding hydrogens is 321 g/mol. The third-order valence-corrected chi connectivity index (χ3v) is 4.39. The molecule has 1 saturated heterocycles. The van der Waals surface area contributed by atoms with Crippen LogP contribution in [-0.2, 0) is 12.7 Å². The Hall–Kier alpha value is -1.86. The molecule has 0 radical (unpaired) electrons. The molecule has 24 heavy (non-hydrogen) atoms. The number of oxazole rings is 1. The second kappa shape index (κ2) is 6.22. The van der Waals surface area contributed by atoms with Crippen molar-refractivity contribution >= 4 is 0 Å². The van der Waals surface area contributed by atoms with Crippen molar-refractivity contribution in [3.8, 4) is 0 Å². The molecule has 0 unspecified atom stereocenters. The second-order valence-electron chi connectivity index (χ2n) is 6.21. The molecule has 0 amide bonds. The van der Waals surface area contributed by atoms with Crippen molar-refractivity contribution in [2.45, 2.75) is 45.1 Å². The summed E-state index contributed by atoms with van der Waals surface area (Å²) in [5.41, 5.74) is 0.658. The van der Waals surface area contributed by atoms with E-state index in [4.69, 9.17) is 4.42 Å². The first-order valence-electron chi connectivity index (χ1n) is 7.76. The van der Waals surface area contributed by atoms with Gasteiger partial charge in [-0.25, -0.2) is 4.98 Å². The highest BCUT2D eigenvalue weighted by Crippen LogP contribution is 2.36. The van der Waals surface area contributed by atoms with Crippen molar-refractivity contribution in [3.05, 3.63) is 52.7 Å². The molecule has 4 nitrogen and oxygen atoms in total. The molecule has 2 aromatic rings. The summed E-state index contributed by atoms with van der Waals surface area (Å²) >= 11 is 0. The van der Waals surface area contributed by atoms with E-state index in [1.165, 1.54) is 6.07 Å². The van der Waals surface area contributed by atoms with Crippen LogP contribution in [0, 0.1) is 13.8 Å². The van der Waals surface area contributed by atoms with Crippen LogP contribution in [-0.4, -0.2) is 27.6 Å². The topological polar surface area (TPSA) is 49.5 Å². The van der Waals surface area contributed by atoms with Crippen LogP contribution >= 0.6 is 0 Å². The van der Waals surface area contributed by atoms with E-state index < -0.39 is 17.8 Å². The maximum Gasteiger partial charge on any atom is 0.416 e. The van der Waals surface area contributed by atoms with Gasteiger partial charge in [0.05, 0.1) is 23.9 Å². The fourth-order valence-corrected chi connectivity index (χ4v) is 3.10. The number of aromatic nitrogens is 1. The SMILES string of the molecule is Cc1nc(CN2C[C@H](O)C[C@H]2c2cccc(C(F)(F)F)c2)oc1C. The Bertz CT molecular complexity index is 707. The van der Waals surface area contributed by atoms with Gasteiger partial charge in [-0.1, -0.05) is 12.1 Å². The number of hydrogen-bond acceptors (Lipinski definition) is 4. The molecule has 3 rings (SSSR count). The summed E-state index contributed by atoms with van der Waals surface area (Å²) in [6.07, 6.45) is -4.57. The van der Waals surface area contributed by atoms with Crippen molar-refractivity contribution in [1.29, 1.82) is 0 Å². The number of aliphatic hydroxyl groups excluding tert-OH is 1. The molecule has 0 aliphatic carbocycles. The van der Waals surface area contributed by atoms with Crippen LogP contribution in [0.3, 0.4) is 0 Å². The molecule has 1 aliphatic rings. The minimum atomic E-state index is -4.38. The van der Waals surface area contributed by atoms with E-state index in [1.807, 2.05) is 18.7 Å². The molecule has 1 N–H and O–H groups in total. The van der Waals surface area contributed by atoms with Gasteiger partial charge in [-0.05, 0) is 38.0 Å². The van der Waals surface area contributed by atoms with Gasteiger partial charge in [0.1, 0.15) is 5.76 Å². The molecular formula is C17H19F3N2O2. The van der Waals surface area contributed by atoms with E-state index in [-0.39, 0.29) is 6.04 Å². The predicted molar refractivity (Wildman–Crippen MR) is 81.2 cm³/mol. The molecule has 2 atom stereocenters. The predicted octanol–water partition coefficient (Wildman–Crippen LogP) is 3.62. The summed E-state index contributed by atoms with van der Waals surface area (Å²) in [5, 5.41) is 9.98. The summed E-state index contributed by atoms with van der Waals surface area (Å²) in [4.78, 5) is 6.22. The molecule has 0 saturated carbocycles. The lowest BCUT2D eigenvalue weighted by atomic mass is 10.0. The summed E-state index contributed by atoms with van der Waals surface area (Å²) < 4.78 is 44.4. The third-order valence-electron chi connectivity index (χ3n) is 4.39. The number of benzene rings is 1. The highest BCUT2D eigenvalue weighted by molar-refractivity contribution is 5.29. The molecule has 1 aliphatic heterocycles. The number of β-amino-alcohol motifs (C(OH)–C–C–N with tert-alkyl or cyclic N) is 1. The number of alkyl halides is 3. The fraction of sp³-hybridized carbons (Fsp3) is 0.471. The van der Waals surface area contributed by atoms with Crippen molar-refractivity contribution in [1.82, 2.24) is 9.88 Å². The Morgan fingerprint density at radius 3 is 2.71 bits per heavy atom. The molecule has 0 bridgehead atoms. The van der Waals surface area contributed by atoms with Crippen molar-refractivity contribution in [2.75, 3.05) is 6.54 Å². The van der Waals surface area contributed by atoms with E-state index in [2.05, 4.69) is 4.98 Å². The Balaban J connectivity index is 1.85. The normalized spacial score (nSPS) is 22.2. The van der Waals surface area contributed by atoms with Crippen LogP contribution in [0.4, 0.5) is 13.2 Å². The summed E-state index contributed by atoms with van der Waals surface area (Å²) in [6.45, 7) is 4.38. The quantitative estimate of drug-likeness (QED) is 0.927. The van der Waals surface area contributed by atoms with Crippen LogP contribution < -0.4 is 0 Å². The molecule has 130 valence electrons. The minimum Gasteiger partial charge on any atom is -0.444 e. The van der Waals surface area contributed by atoms with Gasteiger partial charge in [0.25, 0.3) is 0 Å². The minimum absolute atomic E-state index is 0.296. The molecule has 1 fully saturated rings. The lowest BCUT2D eigenvalue weighted by Gasteiger charge is -2.23. The van der Waals surface area contributed by atoms with E-state index in [0.29, 0.717) is 31.0 Å². The lowest BCUT2D eigenvalue weighted by Crippen LogP contribution is -2.24. The Morgan fingerprint density at radius 1 is 1.33 bits per heavy atom. The summed E-state index contributed by atoms with van der Waals surface area (Å²) in [7, 11) is 0. The van der Waals surface area contributed by atoms with Crippen LogP contribution in [0.25, 0.3) is 0 Å². The maximum atomic E-state index is 12.9. The van der Waals surface area contributed by atoms with E-state index in [9.17, 15) is 18.3 Å². The first kappa shape index (κ1) is 17.0. The van der Waals surface area contributed by atoms with Crippen molar-refractivity contribution in [2.24, 2.45) is 0 Å². The van der Waals surface area contributed by atoms with Gasteiger partial charge in [-0.15, -0.1) is 0 Å². The largest absolute Gasteiger partial charge is 0.444 e. The fourth-order valence-electron chi connectivity index (χ4n) is 3.10. The maximum absolute atomic E-state index is 12.9. The van der Waals surface area contributed by atoms with Gasteiger partial charge >= 0.3 is 6.18 Å². The smallest absolute Gasteiger partial charge is 0.416 e. The van der Waals surface area contributed by atoms with Crippen LogP contribution in [0.15, 0.2) is 28.7 Å². The van der Waals surface area contributed by atoms with Gasteiger partial charge in [0.2, 0.25) is 5.89 Å². The monoisotopic (exact) mass is 340 g/mol. The summed E-state index contributed by atoms with van der Waals surface area (Å²) in [6, 6.07) is 4.98. The first-order valence-corrected chi connectivity index (χ1v) is 7.76. The molecule has 7 heteroatoms. The van der Waals surface area contributed by atoms with Crippen molar-refractivity contribution in [3.63, 3.8) is 0 Å². The number of hydrogen-bond donors (Lipinski definition) is 1. The van der Waals surface area contributed by atoms with Gasteiger partial charge in [0, 0.05) is 12.6 Å². The Kier molecular flexibility index (Phi) is 4.40. The van der Waals surface area contributed by atoms with Crippen LogP contribution in [0.2, 0.25) is 0 Å². The Morgan fingerprint density at radius 2 is 2.08 bits per heavy atom. The van der Waals surface area contributed by atoms with E-state index in [1.54, 1.807) is 6.07 Å². The first-order chi connectivity index (χ1) is 11.2. The standard InChI is InChI=1S/C17H19F3N2O2/c1-10-11(2)24-16(21-10)9-22-8-14(23)7-15(22)12-4-3-5-13(6-12)17(18,19)20/h3-6,14-15,23H,7-9H2,1-2H3/t14-,15+/m1/s1. The average Bonchev–Trinajstić information content (AvgIpc) is 3.01. The zero-order valence-electron chi connectivity index (χ0n) is 13.5. The number of aliphatic hydroxyl groups is 1. The zero-order chi connectivity index (χ0) is 17.5. The average molecular weight is 340 g/mol. The van der Waals surface area contributed by atoms with Gasteiger partial charge in [0.15, 0.2) is 0 Å².